The fraction of sp³-hybridized carbons (Fsp3) is 0.368. The Kier molecular flexibility index (Phi) is 4.17. The predicted octanol–water partition coefficient (Wildman–Crippen LogP) is 4.58. The van der Waals surface area contributed by atoms with Gasteiger partial charge < -0.3 is 5.32 Å². The lowest BCUT2D eigenvalue weighted by Gasteiger charge is -2.14. The van der Waals surface area contributed by atoms with Crippen molar-refractivity contribution in [3.05, 3.63) is 59.7 Å². The van der Waals surface area contributed by atoms with E-state index >= 15 is 0 Å². The molecule has 2 aromatic rings. The smallest absolute Gasteiger partial charge is 0.0114 e. The largest absolute Gasteiger partial charge is 0.317 e. The van der Waals surface area contributed by atoms with Crippen LogP contribution in [0.15, 0.2) is 48.5 Å². The molecule has 0 aromatic heterocycles. The Hall–Kier alpha value is -1.60. The van der Waals surface area contributed by atoms with Crippen LogP contribution in [0.4, 0.5) is 0 Å². The van der Waals surface area contributed by atoms with Gasteiger partial charge in [0.2, 0.25) is 0 Å². The molecule has 0 fully saturated rings. The Morgan fingerprint density at radius 3 is 2.05 bits per heavy atom. The van der Waals surface area contributed by atoms with Crippen LogP contribution in [-0.2, 0) is 0 Å². The summed E-state index contributed by atoms with van der Waals surface area (Å²) in [5, 5.41) is 3.57. The van der Waals surface area contributed by atoms with E-state index in [1.165, 1.54) is 41.5 Å². The third kappa shape index (κ3) is 2.51. The van der Waals surface area contributed by atoms with Gasteiger partial charge in [-0.3, -0.25) is 0 Å². The highest BCUT2D eigenvalue weighted by molar-refractivity contribution is 5.78. The van der Waals surface area contributed by atoms with E-state index in [1.807, 2.05) is 0 Å². The Labute approximate surface area is 122 Å². The van der Waals surface area contributed by atoms with Crippen LogP contribution >= 0.6 is 0 Å². The van der Waals surface area contributed by atoms with E-state index in [0.29, 0.717) is 5.92 Å². The summed E-state index contributed by atoms with van der Waals surface area (Å²) in [5.41, 5.74) is 5.88. The van der Waals surface area contributed by atoms with E-state index in [0.717, 1.165) is 13.1 Å². The second-order valence-electron chi connectivity index (χ2n) is 5.62. The first kappa shape index (κ1) is 13.4. The Morgan fingerprint density at radius 2 is 1.45 bits per heavy atom. The summed E-state index contributed by atoms with van der Waals surface area (Å²) >= 11 is 0. The lowest BCUT2D eigenvalue weighted by atomic mass is 9.93. The Bertz CT molecular complexity index is 528. The molecule has 0 atom stereocenters. The maximum atomic E-state index is 3.57. The highest BCUT2D eigenvalue weighted by Gasteiger charge is 2.27. The molecule has 0 amide bonds. The van der Waals surface area contributed by atoms with Gasteiger partial charge in [-0.1, -0.05) is 61.9 Å². The third-order valence-electron chi connectivity index (χ3n) is 4.28. The van der Waals surface area contributed by atoms with E-state index in [4.69, 9.17) is 0 Å². The van der Waals surface area contributed by atoms with Crippen molar-refractivity contribution in [3.8, 4) is 11.1 Å². The van der Waals surface area contributed by atoms with Crippen LogP contribution in [0, 0.1) is 0 Å². The summed E-state index contributed by atoms with van der Waals surface area (Å²) in [4.78, 5) is 0. The summed E-state index contributed by atoms with van der Waals surface area (Å²) < 4.78 is 0. The molecule has 0 saturated carbocycles. The molecule has 1 nitrogen and oxygen atoms in total. The first-order valence-electron chi connectivity index (χ1n) is 7.80. The molecule has 0 radical (unpaired) electrons. The van der Waals surface area contributed by atoms with Crippen molar-refractivity contribution < 1.29 is 0 Å². The molecule has 1 heteroatoms. The number of benzene rings is 2. The molecular weight excluding hydrogens is 242 g/mol. The minimum atomic E-state index is 0.566. The Morgan fingerprint density at radius 1 is 0.850 bits per heavy atom. The highest BCUT2D eigenvalue weighted by atomic mass is 14.8. The van der Waals surface area contributed by atoms with Gasteiger partial charge in [0, 0.05) is 5.92 Å². The molecule has 0 bridgehead atoms. The van der Waals surface area contributed by atoms with Gasteiger partial charge >= 0.3 is 0 Å². The van der Waals surface area contributed by atoms with Crippen molar-refractivity contribution >= 4 is 0 Å². The zero-order valence-corrected chi connectivity index (χ0v) is 12.2. The van der Waals surface area contributed by atoms with Crippen molar-refractivity contribution in [1.82, 2.24) is 5.32 Å². The van der Waals surface area contributed by atoms with Crippen molar-refractivity contribution in [2.45, 2.75) is 32.1 Å². The molecule has 0 aliphatic heterocycles. The van der Waals surface area contributed by atoms with Gasteiger partial charge in [0.15, 0.2) is 0 Å². The van der Waals surface area contributed by atoms with E-state index in [1.54, 1.807) is 0 Å². The minimum absolute atomic E-state index is 0.566. The molecule has 1 N–H and O–H groups in total. The molecule has 2 aromatic carbocycles. The maximum Gasteiger partial charge on any atom is 0.0114 e. The quantitative estimate of drug-likeness (QED) is 0.754. The first-order chi connectivity index (χ1) is 9.92. The molecular formula is C19H23N. The average Bonchev–Trinajstić information content (AvgIpc) is 2.82. The molecule has 1 aliphatic rings. The molecule has 0 unspecified atom stereocenters. The van der Waals surface area contributed by atoms with Crippen LogP contribution in [0.25, 0.3) is 11.1 Å². The molecule has 104 valence electrons. The maximum absolute atomic E-state index is 3.57. The summed E-state index contributed by atoms with van der Waals surface area (Å²) in [5.74, 6) is 0.566. The van der Waals surface area contributed by atoms with Gasteiger partial charge in [-0.2, -0.15) is 0 Å². The van der Waals surface area contributed by atoms with Gasteiger partial charge in [-0.05, 0) is 48.2 Å². The molecule has 0 saturated heterocycles. The van der Waals surface area contributed by atoms with Crippen molar-refractivity contribution in [1.29, 1.82) is 0 Å². The Balaban J connectivity index is 1.77. The number of fused-ring (bicyclic) bond motifs is 3. The van der Waals surface area contributed by atoms with Crippen LogP contribution < -0.4 is 5.32 Å². The zero-order valence-electron chi connectivity index (χ0n) is 12.2. The zero-order chi connectivity index (χ0) is 13.8. The number of nitrogens with one attached hydrogen (secondary N) is 1. The van der Waals surface area contributed by atoms with Gasteiger partial charge in [-0.25, -0.2) is 0 Å². The second kappa shape index (κ2) is 6.23. The van der Waals surface area contributed by atoms with E-state index in [2.05, 4.69) is 60.8 Å². The SMILES string of the molecule is CCCCNCCC1c2ccccc2-c2ccccc21. The van der Waals surface area contributed by atoms with E-state index in [-0.39, 0.29) is 0 Å². The van der Waals surface area contributed by atoms with Crippen LogP contribution in [0.5, 0.6) is 0 Å². The van der Waals surface area contributed by atoms with E-state index < -0.39 is 0 Å². The number of rotatable bonds is 6. The third-order valence-corrected chi connectivity index (χ3v) is 4.28. The van der Waals surface area contributed by atoms with Gasteiger partial charge in [0.25, 0.3) is 0 Å². The van der Waals surface area contributed by atoms with Gasteiger partial charge in [0.1, 0.15) is 0 Å². The summed E-state index contributed by atoms with van der Waals surface area (Å²) in [6.07, 6.45) is 3.73. The van der Waals surface area contributed by atoms with Crippen LogP contribution in [-0.4, -0.2) is 13.1 Å². The second-order valence-corrected chi connectivity index (χ2v) is 5.62. The van der Waals surface area contributed by atoms with Crippen molar-refractivity contribution in [2.75, 3.05) is 13.1 Å². The molecule has 0 spiro atoms. The summed E-state index contributed by atoms with van der Waals surface area (Å²) in [6, 6.07) is 17.8. The fourth-order valence-electron chi connectivity index (χ4n) is 3.24. The van der Waals surface area contributed by atoms with Gasteiger partial charge in [0.05, 0.1) is 0 Å². The monoisotopic (exact) mass is 265 g/mol. The molecule has 3 rings (SSSR count). The number of hydrogen-bond acceptors (Lipinski definition) is 1. The van der Waals surface area contributed by atoms with Crippen LogP contribution in [0.1, 0.15) is 43.2 Å². The van der Waals surface area contributed by atoms with Crippen molar-refractivity contribution in [2.24, 2.45) is 0 Å². The van der Waals surface area contributed by atoms with Gasteiger partial charge in [-0.15, -0.1) is 0 Å². The minimum Gasteiger partial charge on any atom is -0.317 e. The lowest BCUT2D eigenvalue weighted by molar-refractivity contribution is 0.595. The number of unbranched alkanes of at least 4 members (excludes halogenated alkanes) is 1. The molecule has 1 aliphatic carbocycles. The topological polar surface area (TPSA) is 12.0 Å². The highest BCUT2D eigenvalue weighted by Crippen LogP contribution is 2.45. The summed E-state index contributed by atoms with van der Waals surface area (Å²) in [6.45, 7) is 4.49. The van der Waals surface area contributed by atoms with Crippen molar-refractivity contribution in [3.63, 3.8) is 0 Å². The fourth-order valence-corrected chi connectivity index (χ4v) is 3.24. The molecule has 0 heterocycles. The molecule has 20 heavy (non-hydrogen) atoms. The average molecular weight is 265 g/mol. The first-order valence-corrected chi connectivity index (χ1v) is 7.80. The van der Waals surface area contributed by atoms with E-state index in [9.17, 15) is 0 Å². The van der Waals surface area contributed by atoms with Crippen LogP contribution in [0.2, 0.25) is 0 Å². The lowest BCUT2D eigenvalue weighted by Crippen LogP contribution is -2.18. The standard InChI is InChI=1S/C19H23N/c1-2-3-13-20-14-12-19-17-10-6-4-8-15(17)16-9-5-7-11-18(16)19/h4-11,19-20H,2-3,12-14H2,1H3. The predicted molar refractivity (Wildman–Crippen MR) is 86.1 cm³/mol. The normalized spacial score (nSPS) is 13.2. The number of hydrogen-bond donors (Lipinski definition) is 1. The summed E-state index contributed by atoms with van der Waals surface area (Å²) in [7, 11) is 0. The van der Waals surface area contributed by atoms with Crippen LogP contribution in [0.3, 0.4) is 0 Å².